The van der Waals surface area contributed by atoms with Gasteiger partial charge in [0.05, 0.1) is 11.0 Å². The fourth-order valence-electron chi connectivity index (χ4n) is 2.84. The van der Waals surface area contributed by atoms with Gasteiger partial charge in [0.15, 0.2) is 0 Å². The molecular weight excluding hydrogens is 332 g/mol. The summed E-state index contributed by atoms with van der Waals surface area (Å²) in [5, 5.41) is 8.57. The van der Waals surface area contributed by atoms with Crippen molar-refractivity contribution in [1.29, 1.82) is 0 Å². The van der Waals surface area contributed by atoms with Crippen molar-refractivity contribution < 1.29 is 14.7 Å². The Morgan fingerprint density at radius 2 is 2.12 bits per heavy atom. The number of benzene rings is 1. The molecule has 0 saturated heterocycles. The maximum atomic E-state index is 11.1. The first-order valence-electron chi connectivity index (χ1n) is 9.04. The zero-order valence-electron chi connectivity index (χ0n) is 15.7. The molecular formula is C19H28N4O3. The van der Waals surface area contributed by atoms with Crippen LogP contribution in [0.1, 0.15) is 32.2 Å². The maximum Gasteiger partial charge on any atom is 0.267 e. The van der Waals surface area contributed by atoms with Crippen LogP contribution in [0.5, 0.6) is 0 Å². The van der Waals surface area contributed by atoms with Gasteiger partial charge in [-0.3, -0.25) is 10.0 Å². The maximum absolute atomic E-state index is 11.1. The van der Waals surface area contributed by atoms with E-state index in [9.17, 15) is 4.79 Å². The lowest BCUT2D eigenvalue weighted by Crippen LogP contribution is -2.27. The van der Waals surface area contributed by atoms with Crippen LogP contribution in [-0.2, 0) is 22.7 Å². The number of imidazole rings is 1. The van der Waals surface area contributed by atoms with E-state index in [4.69, 9.17) is 14.9 Å². The van der Waals surface area contributed by atoms with E-state index in [1.54, 1.807) is 11.6 Å². The van der Waals surface area contributed by atoms with Gasteiger partial charge in [-0.15, -0.1) is 0 Å². The van der Waals surface area contributed by atoms with Crippen molar-refractivity contribution in [3.63, 3.8) is 0 Å². The zero-order valence-corrected chi connectivity index (χ0v) is 15.7. The molecule has 26 heavy (non-hydrogen) atoms. The van der Waals surface area contributed by atoms with Gasteiger partial charge in [0, 0.05) is 25.8 Å². The van der Waals surface area contributed by atoms with E-state index in [1.807, 2.05) is 25.1 Å². The third-order valence-electron chi connectivity index (χ3n) is 4.36. The average molecular weight is 360 g/mol. The third kappa shape index (κ3) is 5.14. The van der Waals surface area contributed by atoms with Gasteiger partial charge in [0.1, 0.15) is 12.4 Å². The van der Waals surface area contributed by atoms with Crippen molar-refractivity contribution in [1.82, 2.24) is 19.9 Å². The minimum Gasteiger partial charge on any atom is -0.374 e. The molecule has 0 aliphatic heterocycles. The largest absolute Gasteiger partial charge is 0.374 e. The number of amides is 1. The Morgan fingerprint density at radius 3 is 2.77 bits per heavy atom. The molecule has 0 aliphatic rings. The van der Waals surface area contributed by atoms with Crippen LogP contribution in [0.2, 0.25) is 0 Å². The average Bonchev–Trinajstić information content (AvgIpc) is 3.01. The van der Waals surface area contributed by atoms with E-state index in [2.05, 4.69) is 23.3 Å². The summed E-state index contributed by atoms with van der Waals surface area (Å²) < 4.78 is 7.79. The monoisotopic (exact) mass is 360 g/mol. The Bertz CT molecular complexity index is 751. The van der Waals surface area contributed by atoms with E-state index in [1.165, 1.54) is 6.08 Å². The molecule has 0 saturated carbocycles. The molecule has 0 bridgehead atoms. The Balaban J connectivity index is 2.31. The number of hydrogen-bond acceptors (Lipinski definition) is 5. The number of likely N-dealkylation sites (N-methyl/N-ethyl adjacent to an activating group) is 1. The smallest absolute Gasteiger partial charge is 0.267 e. The number of fused-ring (bicyclic) bond motifs is 1. The predicted octanol–water partition coefficient (Wildman–Crippen LogP) is 2.43. The van der Waals surface area contributed by atoms with Crippen molar-refractivity contribution >= 4 is 23.0 Å². The number of carbonyl (C=O) groups is 1. The second-order valence-electron chi connectivity index (χ2n) is 5.90. The Hall–Kier alpha value is -2.22. The molecule has 0 radical (unpaired) electrons. The second-order valence-corrected chi connectivity index (χ2v) is 5.90. The number of hydroxylamine groups is 1. The van der Waals surface area contributed by atoms with Crippen LogP contribution in [0.25, 0.3) is 17.1 Å². The second kappa shape index (κ2) is 10.1. The SMILES string of the molecule is CCOCc1nc2cc(/C=C/C(=O)NO)ccc2n1CCN(CC)CC. The van der Waals surface area contributed by atoms with Crippen LogP contribution in [0, 0.1) is 0 Å². The van der Waals surface area contributed by atoms with Crippen molar-refractivity contribution in [3.8, 4) is 0 Å². The number of nitrogens with zero attached hydrogens (tertiary/aromatic N) is 3. The Morgan fingerprint density at radius 1 is 1.35 bits per heavy atom. The molecule has 0 aliphatic carbocycles. The van der Waals surface area contributed by atoms with Gasteiger partial charge in [-0.2, -0.15) is 0 Å². The van der Waals surface area contributed by atoms with Crippen LogP contribution >= 0.6 is 0 Å². The molecule has 1 heterocycles. The highest BCUT2D eigenvalue weighted by molar-refractivity contribution is 5.91. The van der Waals surface area contributed by atoms with Gasteiger partial charge in [-0.1, -0.05) is 19.9 Å². The topological polar surface area (TPSA) is 79.6 Å². The Labute approximate surface area is 154 Å². The molecule has 1 aromatic heterocycles. The molecule has 2 rings (SSSR count). The minimum absolute atomic E-state index is 0.474. The highest BCUT2D eigenvalue weighted by Crippen LogP contribution is 2.20. The lowest BCUT2D eigenvalue weighted by atomic mass is 10.2. The van der Waals surface area contributed by atoms with Crippen molar-refractivity contribution in [3.05, 3.63) is 35.7 Å². The molecule has 1 aromatic carbocycles. The molecule has 0 fully saturated rings. The highest BCUT2D eigenvalue weighted by Gasteiger charge is 2.12. The number of ether oxygens (including phenoxy) is 1. The molecule has 2 N–H and O–H groups in total. The van der Waals surface area contributed by atoms with Crippen LogP contribution in [-0.4, -0.2) is 51.8 Å². The first-order valence-corrected chi connectivity index (χ1v) is 9.04. The standard InChI is InChI=1S/C19H28N4O3/c1-4-22(5-2)11-12-23-17-9-7-15(8-10-19(24)21-25)13-16(17)20-18(23)14-26-6-3/h7-10,13,25H,4-6,11-12,14H2,1-3H3,(H,21,24)/b10-8+. The van der Waals surface area contributed by atoms with E-state index in [-0.39, 0.29) is 0 Å². The van der Waals surface area contributed by atoms with Crippen LogP contribution in [0.3, 0.4) is 0 Å². The summed E-state index contributed by atoms with van der Waals surface area (Å²) in [5.41, 5.74) is 4.34. The minimum atomic E-state index is -0.563. The van der Waals surface area contributed by atoms with E-state index in [0.717, 1.165) is 48.6 Å². The molecule has 7 nitrogen and oxygen atoms in total. The molecule has 1 amide bonds. The van der Waals surface area contributed by atoms with Crippen molar-refractivity contribution in [2.45, 2.75) is 33.9 Å². The van der Waals surface area contributed by atoms with Gasteiger partial charge in [0.25, 0.3) is 5.91 Å². The summed E-state index contributed by atoms with van der Waals surface area (Å²) in [4.78, 5) is 18.2. The summed E-state index contributed by atoms with van der Waals surface area (Å²) in [6.07, 6.45) is 2.92. The first kappa shape index (κ1) is 20.1. The summed E-state index contributed by atoms with van der Waals surface area (Å²) in [7, 11) is 0. The zero-order chi connectivity index (χ0) is 18.9. The summed E-state index contributed by atoms with van der Waals surface area (Å²) >= 11 is 0. The van der Waals surface area contributed by atoms with Crippen LogP contribution in [0.4, 0.5) is 0 Å². The lowest BCUT2D eigenvalue weighted by Gasteiger charge is -2.19. The van der Waals surface area contributed by atoms with Crippen molar-refractivity contribution in [2.75, 3.05) is 26.2 Å². The predicted molar refractivity (Wildman–Crippen MR) is 102 cm³/mol. The van der Waals surface area contributed by atoms with E-state index < -0.39 is 5.91 Å². The number of aromatic nitrogens is 2. The van der Waals surface area contributed by atoms with E-state index >= 15 is 0 Å². The van der Waals surface area contributed by atoms with E-state index in [0.29, 0.717) is 13.2 Å². The van der Waals surface area contributed by atoms with Gasteiger partial charge in [-0.25, -0.2) is 10.5 Å². The van der Waals surface area contributed by atoms with Gasteiger partial charge in [0.2, 0.25) is 0 Å². The fraction of sp³-hybridized carbons (Fsp3) is 0.474. The van der Waals surface area contributed by atoms with Gasteiger partial charge in [-0.05, 0) is 43.8 Å². The highest BCUT2D eigenvalue weighted by atomic mass is 16.5. The number of hydrogen-bond donors (Lipinski definition) is 2. The van der Waals surface area contributed by atoms with Gasteiger partial charge >= 0.3 is 0 Å². The number of carbonyl (C=O) groups excluding carboxylic acids is 1. The third-order valence-corrected chi connectivity index (χ3v) is 4.36. The van der Waals surface area contributed by atoms with Crippen molar-refractivity contribution in [2.24, 2.45) is 0 Å². The molecule has 0 atom stereocenters. The summed E-state index contributed by atoms with van der Waals surface area (Å²) in [6, 6.07) is 5.87. The van der Waals surface area contributed by atoms with Crippen LogP contribution < -0.4 is 5.48 Å². The summed E-state index contributed by atoms with van der Waals surface area (Å²) in [5.74, 6) is 0.343. The fourth-order valence-corrected chi connectivity index (χ4v) is 2.84. The Kier molecular flexibility index (Phi) is 7.77. The molecule has 0 spiro atoms. The normalized spacial score (nSPS) is 11.7. The first-order chi connectivity index (χ1) is 12.6. The quantitative estimate of drug-likeness (QED) is 0.386. The molecule has 142 valence electrons. The van der Waals surface area contributed by atoms with Gasteiger partial charge < -0.3 is 14.2 Å². The number of rotatable bonds is 10. The lowest BCUT2D eigenvalue weighted by molar-refractivity contribution is -0.124. The molecule has 2 aromatic rings. The summed E-state index contributed by atoms with van der Waals surface area (Å²) in [6.45, 7) is 11.3. The van der Waals surface area contributed by atoms with Crippen LogP contribution in [0.15, 0.2) is 24.3 Å². The number of nitrogens with one attached hydrogen (secondary N) is 1. The molecule has 7 heteroatoms. The molecule has 0 unspecified atom stereocenters.